The molecule has 168 valence electrons. The minimum atomic E-state index is -0.280. The number of aromatic nitrogens is 2. The monoisotopic (exact) mass is 461 g/mol. The van der Waals surface area contributed by atoms with Crippen LogP contribution in [0.15, 0.2) is 65.5 Å². The van der Waals surface area contributed by atoms with E-state index < -0.39 is 0 Å². The van der Waals surface area contributed by atoms with Crippen molar-refractivity contribution in [3.05, 3.63) is 76.8 Å². The Hall–Kier alpha value is -3.65. The summed E-state index contributed by atoms with van der Waals surface area (Å²) in [5, 5.41) is 0.528. The third-order valence-electron chi connectivity index (χ3n) is 5.66. The van der Waals surface area contributed by atoms with Crippen LogP contribution in [0.25, 0.3) is 20.7 Å². The fraction of sp³-hybridized carbons (Fsp3) is 0.240. The largest absolute Gasteiger partial charge is 0.486 e. The van der Waals surface area contributed by atoms with Crippen LogP contribution in [0, 0.1) is 6.92 Å². The Morgan fingerprint density at radius 2 is 1.88 bits per heavy atom. The second kappa shape index (κ2) is 8.71. The molecule has 0 radical (unpaired) electrons. The third-order valence-corrected chi connectivity index (χ3v) is 6.74. The highest BCUT2D eigenvalue weighted by molar-refractivity contribution is 7.21. The Morgan fingerprint density at radius 3 is 2.67 bits per heavy atom. The molecule has 0 spiro atoms. The van der Waals surface area contributed by atoms with Gasteiger partial charge in [-0.25, -0.2) is 4.98 Å². The van der Waals surface area contributed by atoms with Crippen LogP contribution in [-0.4, -0.2) is 46.7 Å². The molecule has 1 atom stereocenters. The van der Waals surface area contributed by atoms with Crippen LogP contribution in [0.1, 0.15) is 5.82 Å². The van der Waals surface area contributed by atoms with Crippen LogP contribution in [0.2, 0.25) is 0 Å². The van der Waals surface area contributed by atoms with Crippen molar-refractivity contribution < 1.29 is 14.3 Å². The number of rotatable bonds is 5. The molecule has 1 amide bonds. The molecule has 8 heteroatoms. The van der Waals surface area contributed by atoms with E-state index in [1.165, 1.54) is 15.9 Å². The van der Waals surface area contributed by atoms with Gasteiger partial charge in [-0.1, -0.05) is 42.5 Å². The number of likely N-dealkylation sites (N-methyl/N-ethyl adjacent to an activating group) is 1. The molecule has 2 aromatic carbocycles. The molecule has 4 aromatic rings. The summed E-state index contributed by atoms with van der Waals surface area (Å²) in [6, 6.07) is 19.2. The van der Waals surface area contributed by atoms with Gasteiger partial charge in [-0.15, -0.1) is 11.3 Å². The second-order valence-corrected chi connectivity index (χ2v) is 9.05. The number of hydrogen-bond donors (Lipinski definition) is 0. The van der Waals surface area contributed by atoms with Gasteiger partial charge in [-0.05, 0) is 30.7 Å². The highest BCUT2D eigenvalue weighted by atomic mass is 32.1. The van der Waals surface area contributed by atoms with E-state index in [4.69, 9.17) is 9.47 Å². The Morgan fingerprint density at radius 1 is 1.15 bits per heavy atom. The molecule has 33 heavy (non-hydrogen) atoms. The van der Waals surface area contributed by atoms with Gasteiger partial charge < -0.3 is 14.4 Å². The predicted molar refractivity (Wildman–Crippen MR) is 128 cm³/mol. The van der Waals surface area contributed by atoms with E-state index in [-0.39, 0.29) is 24.1 Å². The van der Waals surface area contributed by atoms with Gasteiger partial charge in [0.25, 0.3) is 5.56 Å². The number of aryl methyl sites for hydroxylation is 1. The summed E-state index contributed by atoms with van der Waals surface area (Å²) in [5.74, 6) is 1.70. The molecule has 7 nitrogen and oxygen atoms in total. The van der Waals surface area contributed by atoms with E-state index in [9.17, 15) is 9.59 Å². The normalized spacial score (nSPS) is 14.9. The molecule has 1 aliphatic rings. The summed E-state index contributed by atoms with van der Waals surface area (Å²) < 4.78 is 13.1. The van der Waals surface area contributed by atoms with Crippen molar-refractivity contribution in [2.75, 3.05) is 20.2 Å². The second-order valence-electron chi connectivity index (χ2n) is 8.02. The van der Waals surface area contributed by atoms with Crippen molar-refractivity contribution in [1.82, 2.24) is 14.5 Å². The zero-order valence-corrected chi connectivity index (χ0v) is 19.2. The van der Waals surface area contributed by atoms with Gasteiger partial charge in [0.1, 0.15) is 23.8 Å². The van der Waals surface area contributed by atoms with E-state index in [1.54, 1.807) is 18.9 Å². The van der Waals surface area contributed by atoms with E-state index >= 15 is 0 Å². The average Bonchev–Trinajstić information content (AvgIpc) is 3.26. The minimum absolute atomic E-state index is 0.0786. The smallest absolute Gasteiger partial charge is 0.262 e. The molecule has 5 rings (SSSR count). The highest BCUT2D eigenvalue weighted by Crippen LogP contribution is 2.32. The summed E-state index contributed by atoms with van der Waals surface area (Å²) >= 11 is 1.48. The van der Waals surface area contributed by atoms with Crippen molar-refractivity contribution in [3.63, 3.8) is 0 Å². The number of carbonyl (C=O) groups is 1. The van der Waals surface area contributed by atoms with E-state index in [2.05, 4.69) is 4.98 Å². The molecule has 0 bridgehead atoms. The lowest BCUT2D eigenvalue weighted by Gasteiger charge is -2.29. The van der Waals surface area contributed by atoms with Gasteiger partial charge in [-0.3, -0.25) is 14.2 Å². The summed E-state index contributed by atoms with van der Waals surface area (Å²) in [6.07, 6.45) is -0.280. The summed E-state index contributed by atoms with van der Waals surface area (Å²) in [4.78, 5) is 34.0. The Kier molecular flexibility index (Phi) is 5.60. The maximum absolute atomic E-state index is 13.2. The first kappa shape index (κ1) is 21.2. The molecule has 0 saturated carbocycles. The van der Waals surface area contributed by atoms with Gasteiger partial charge in [0.05, 0.1) is 11.9 Å². The molecule has 0 N–H and O–H groups in total. The first-order valence-corrected chi connectivity index (χ1v) is 11.5. The number of amides is 1. The number of nitrogens with zero attached hydrogens (tertiary/aromatic N) is 3. The number of benzene rings is 2. The number of thiophene rings is 1. The fourth-order valence-electron chi connectivity index (χ4n) is 3.86. The zero-order valence-electron chi connectivity index (χ0n) is 18.4. The first-order chi connectivity index (χ1) is 16.0. The van der Waals surface area contributed by atoms with Crippen molar-refractivity contribution in [3.8, 4) is 21.9 Å². The Balaban J connectivity index is 1.33. The van der Waals surface area contributed by atoms with Gasteiger partial charge >= 0.3 is 0 Å². The number of para-hydroxylation sites is 2. The van der Waals surface area contributed by atoms with E-state index in [0.717, 1.165) is 10.4 Å². The van der Waals surface area contributed by atoms with Crippen LogP contribution >= 0.6 is 11.3 Å². The lowest BCUT2D eigenvalue weighted by molar-refractivity contribution is -0.132. The van der Waals surface area contributed by atoms with Crippen LogP contribution in [0.5, 0.6) is 11.5 Å². The highest BCUT2D eigenvalue weighted by Gasteiger charge is 2.24. The summed E-state index contributed by atoms with van der Waals surface area (Å²) in [5.41, 5.74) is 0.833. The number of fused-ring (bicyclic) bond motifs is 2. The maximum Gasteiger partial charge on any atom is 0.262 e. The van der Waals surface area contributed by atoms with Crippen LogP contribution in [0.4, 0.5) is 0 Å². The molecule has 0 fully saturated rings. The van der Waals surface area contributed by atoms with Crippen molar-refractivity contribution in [1.29, 1.82) is 0 Å². The number of hydrogen-bond acceptors (Lipinski definition) is 6. The third kappa shape index (κ3) is 4.21. The SMILES string of the molecule is Cc1nc2sc(-c3ccccc3)cc2c(=O)n1CC(=O)N(C)C[C@H]1COc2ccccc2O1. The van der Waals surface area contributed by atoms with Crippen LogP contribution < -0.4 is 15.0 Å². The molecule has 0 unspecified atom stereocenters. The predicted octanol–water partition coefficient (Wildman–Crippen LogP) is 3.73. The molecule has 0 saturated heterocycles. The van der Waals surface area contributed by atoms with Crippen molar-refractivity contribution in [2.24, 2.45) is 0 Å². The Labute approximate surface area is 194 Å². The van der Waals surface area contributed by atoms with Gasteiger partial charge in [0, 0.05) is 11.9 Å². The molecule has 0 aliphatic carbocycles. The van der Waals surface area contributed by atoms with E-state index in [0.29, 0.717) is 40.7 Å². The van der Waals surface area contributed by atoms with Crippen LogP contribution in [0.3, 0.4) is 0 Å². The molecular formula is C25H23N3O4S. The Bertz CT molecular complexity index is 1380. The zero-order chi connectivity index (χ0) is 22.9. The number of ether oxygens (including phenoxy) is 2. The topological polar surface area (TPSA) is 73.7 Å². The molecule has 1 aliphatic heterocycles. The first-order valence-electron chi connectivity index (χ1n) is 10.7. The van der Waals surface area contributed by atoms with Crippen molar-refractivity contribution in [2.45, 2.75) is 19.6 Å². The molecule has 2 aromatic heterocycles. The standard InChI is InChI=1S/C25H23N3O4S/c1-16-26-24-19(12-22(33-24)17-8-4-3-5-9-17)25(30)28(16)14-23(29)27(2)13-18-15-31-20-10-6-7-11-21(20)32-18/h3-12,18H,13-15H2,1-2H3/t18-/m0/s1. The quantitative estimate of drug-likeness (QED) is 0.453. The van der Waals surface area contributed by atoms with E-state index in [1.807, 2.05) is 60.7 Å². The fourth-order valence-corrected chi connectivity index (χ4v) is 4.94. The average molecular weight is 462 g/mol. The summed E-state index contributed by atoms with van der Waals surface area (Å²) in [6.45, 7) is 2.39. The van der Waals surface area contributed by atoms with Gasteiger partial charge in [0.15, 0.2) is 17.6 Å². The number of carbonyl (C=O) groups excluding carboxylic acids is 1. The van der Waals surface area contributed by atoms with Crippen molar-refractivity contribution >= 4 is 27.5 Å². The van der Waals surface area contributed by atoms with Gasteiger partial charge in [0.2, 0.25) is 5.91 Å². The minimum Gasteiger partial charge on any atom is -0.486 e. The molecule has 3 heterocycles. The lowest BCUT2D eigenvalue weighted by Crippen LogP contribution is -2.43. The van der Waals surface area contributed by atoms with Gasteiger partial charge in [-0.2, -0.15) is 0 Å². The summed E-state index contributed by atoms with van der Waals surface area (Å²) in [7, 11) is 1.70. The van der Waals surface area contributed by atoms with Crippen LogP contribution in [-0.2, 0) is 11.3 Å². The molecular weight excluding hydrogens is 438 g/mol. The lowest BCUT2D eigenvalue weighted by atomic mass is 10.2. The maximum atomic E-state index is 13.2.